The van der Waals surface area contributed by atoms with Gasteiger partial charge in [0.15, 0.2) is 6.10 Å². The molecule has 1 unspecified atom stereocenters. The van der Waals surface area contributed by atoms with Gasteiger partial charge in [-0.25, -0.2) is 0 Å². The quantitative estimate of drug-likeness (QED) is 0.0374. The first-order valence-corrected chi connectivity index (χ1v) is 28.3. The van der Waals surface area contributed by atoms with Gasteiger partial charge in [0.25, 0.3) is 0 Å². The fraction of sp³-hybridized carbons (Fsp3) is 0.522. The van der Waals surface area contributed by atoms with Gasteiger partial charge in [0.2, 0.25) is 0 Å². The van der Waals surface area contributed by atoms with Gasteiger partial charge >= 0.3 is 11.9 Å². The zero-order valence-corrected chi connectivity index (χ0v) is 45.6. The molecule has 72 heavy (non-hydrogen) atoms. The molecule has 0 rings (SSSR count). The van der Waals surface area contributed by atoms with Gasteiger partial charge in [-0.1, -0.05) is 241 Å². The molecule has 1 atom stereocenters. The van der Waals surface area contributed by atoms with Crippen molar-refractivity contribution in [3.8, 4) is 0 Å². The number of hydrogen-bond acceptors (Lipinski definition) is 5. The molecule has 5 nitrogen and oxygen atoms in total. The molecule has 0 amide bonds. The number of esters is 2. The molecule has 400 valence electrons. The van der Waals surface area contributed by atoms with Crippen LogP contribution in [0.4, 0.5) is 0 Å². The van der Waals surface area contributed by atoms with Gasteiger partial charge in [0.05, 0.1) is 6.61 Å². The number of hydrogen-bond donors (Lipinski definition) is 1. The lowest BCUT2D eigenvalue weighted by Crippen LogP contribution is -2.28. The van der Waals surface area contributed by atoms with Crippen molar-refractivity contribution in [2.75, 3.05) is 13.2 Å². The smallest absolute Gasteiger partial charge is 0.306 e. The van der Waals surface area contributed by atoms with Crippen LogP contribution in [0.2, 0.25) is 0 Å². The Morgan fingerprint density at radius 2 is 0.556 bits per heavy atom. The summed E-state index contributed by atoms with van der Waals surface area (Å²) in [5.41, 5.74) is 0. The molecule has 5 heteroatoms. The Kier molecular flexibility index (Phi) is 56.1. The molecular formula is C67H102O5. The van der Waals surface area contributed by atoms with Gasteiger partial charge in [-0.3, -0.25) is 9.59 Å². The zero-order chi connectivity index (χ0) is 52.0. The Morgan fingerprint density at radius 1 is 0.319 bits per heavy atom. The Bertz CT molecular complexity index is 1680. The van der Waals surface area contributed by atoms with Crippen LogP contribution in [0.3, 0.4) is 0 Å². The summed E-state index contributed by atoms with van der Waals surface area (Å²) in [7, 11) is 0. The van der Waals surface area contributed by atoms with Crippen LogP contribution in [-0.4, -0.2) is 36.4 Å². The predicted octanol–water partition coefficient (Wildman–Crippen LogP) is 19.5. The van der Waals surface area contributed by atoms with Gasteiger partial charge in [-0.15, -0.1) is 0 Å². The average molecular weight is 988 g/mol. The van der Waals surface area contributed by atoms with E-state index in [2.05, 4.69) is 196 Å². The molecule has 1 N–H and O–H groups in total. The third-order valence-corrected chi connectivity index (χ3v) is 11.2. The van der Waals surface area contributed by atoms with Crippen molar-refractivity contribution in [3.05, 3.63) is 182 Å². The number of allylic oxidation sites excluding steroid dienone is 30. The van der Waals surface area contributed by atoms with E-state index >= 15 is 0 Å². The van der Waals surface area contributed by atoms with Crippen LogP contribution in [0.5, 0.6) is 0 Å². The fourth-order valence-electron chi connectivity index (χ4n) is 7.02. The molecule has 0 bridgehead atoms. The molecule has 0 heterocycles. The molecule has 0 saturated carbocycles. The number of rotatable bonds is 49. The van der Waals surface area contributed by atoms with E-state index in [0.717, 1.165) is 135 Å². The van der Waals surface area contributed by atoms with Crippen LogP contribution in [0.1, 0.15) is 206 Å². The number of aliphatic hydroxyl groups is 1. The van der Waals surface area contributed by atoms with E-state index in [1.54, 1.807) is 0 Å². The number of carbonyl (C=O) groups excluding carboxylic acids is 2. The minimum atomic E-state index is -0.814. The lowest BCUT2D eigenvalue weighted by Gasteiger charge is -2.15. The maximum Gasteiger partial charge on any atom is 0.306 e. The number of ether oxygens (including phenoxy) is 2. The minimum absolute atomic E-state index is 0.101. The fourth-order valence-corrected chi connectivity index (χ4v) is 7.02. The monoisotopic (exact) mass is 987 g/mol. The molecule has 0 radical (unpaired) electrons. The Labute approximate surface area is 442 Å². The molecule has 0 spiro atoms. The third kappa shape index (κ3) is 57.6. The topological polar surface area (TPSA) is 72.8 Å². The lowest BCUT2D eigenvalue weighted by molar-refractivity contribution is -0.161. The zero-order valence-electron chi connectivity index (χ0n) is 45.6. The number of aliphatic hydroxyl groups excluding tert-OH is 1. The summed E-state index contributed by atoms with van der Waals surface area (Å²) in [6.45, 7) is 3.85. The molecule has 0 aromatic carbocycles. The van der Waals surface area contributed by atoms with Crippen LogP contribution in [0.15, 0.2) is 182 Å². The van der Waals surface area contributed by atoms with Crippen molar-refractivity contribution in [1.82, 2.24) is 0 Å². The van der Waals surface area contributed by atoms with Crippen LogP contribution in [0.25, 0.3) is 0 Å². The van der Waals surface area contributed by atoms with Crippen molar-refractivity contribution in [2.24, 2.45) is 0 Å². The second-order valence-corrected chi connectivity index (χ2v) is 17.9. The van der Waals surface area contributed by atoms with E-state index in [4.69, 9.17) is 9.47 Å². The van der Waals surface area contributed by atoms with Gasteiger partial charge in [-0.2, -0.15) is 0 Å². The highest BCUT2D eigenvalue weighted by Gasteiger charge is 2.16. The normalized spacial score (nSPS) is 13.7. The Morgan fingerprint density at radius 3 is 0.861 bits per heavy atom. The minimum Gasteiger partial charge on any atom is -0.462 e. The van der Waals surface area contributed by atoms with Crippen molar-refractivity contribution in [2.45, 2.75) is 213 Å². The van der Waals surface area contributed by atoms with Crippen molar-refractivity contribution in [1.29, 1.82) is 0 Å². The Hall–Kier alpha value is -5.00. The summed E-state index contributed by atoms with van der Waals surface area (Å²) in [4.78, 5) is 24.5. The lowest BCUT2D eigenvalue weighted by atomic mass is 10.1. The molecule has 0 aromatic rings. The molecular weight excluding hydrogens is 885 g/mol. The van der Waals surface area contributed by atoms with Crippen LogP contribution >= 0.6 is 0 Å². The first-order valence-electron chi connectivity index (χ1n) is 28.3. The summed E-state index contributed by atoms with van der Waals surface area (Å²) < 4.78 is 10.7. The largest absolute Gasteiger partial charge is 0.462 e. The summed E-state index contributed by atoms with van der Waals surface area (Å²) in [6.07, 6.45) is 95.6. The predicted molar refractivity (Wildman–Crippen MR) is 315 cm³/mol. The summed E-state index contributed by atoms with van der Waals surface area (Å²) in [5.74, 6) is -0.665. The SMILES string of the molecule is CC/C=C\C/C=C\C/C=C\C/C=C\C/C=C\C/C=C\C/C=C\C/C=C\CCCCC(=O)OC(CO)COC(=O)CCCCCCCCCCC/C=C\C/C=C\C/C=C\C/C=C\C/C=C\C/C=C\C/C=C\CC. The van der Waals surface area contributed by atoms with E-state index in [0.29, 0.717) is 12.8 Å². The van der Waals surface area contributed by atoms with Gasteiger partial charge in [0.1, 0.15) is 6.61 Å². The first kappa shape index (κ1) is 67.0. The Balaban J connectivity index is 3.68. The van der Waals surface area contributed by atoms with E-state index in [-0.39, 0.29) is 31.6 Å². The van der Waals surface area contributed by atoms with Crippen molar-refractivity contribution in [3.63, 3.8) is 0 Å². The van der Waals surface area contributed by atoms with Crippen molar-refractivity contribution >= 4 is 11.9 Å². The van der Waals surface area contributed by atoms with E-state index in [1.807, 2.05) is 0 Å². The van der Waals surface area contributed by atoms with Crippen LogP contribution in [-0.2, 0) is 19.1 Å². The second-order valence-electron chi connectivity index (χ2n) is 17.9. The molecule has 0 aromatic heterocycles. The van der Waals surface area contributed by atoms with E-state index < -0.39 is 6.10 Å². The van der Waals surface area contributed by atoms with Crippen LogP contribution in [0, 0.1) is 0 Å². The van der Waals surface area contributed by atoms with E-state index in [9.17, 15) is 14.7 Å². The summed E-state index contributed by atoms with van der Waals surface area (Å²) in [5, 5.41) is 9.65. The number of unbranched alkanes of at least 4 members (excludes halogenated alkanes) is 11. The maximum atomic E-state index is 12.3. The van der Waals surface area contributed by atoms with Crippen LogP contribution < -0.4 is 0 Å². The second kappa shape index (κ2) is 60.3. The third-order valence-electron chi connectivity index (χ3n) is 11.2. The van der Waals surface area contributed by atoms with E-state index in [1.165, 1.54) is 38.5 Å². The molecule has 0 aliphatic carbocycles. The number of carbonyl (C=O) groups is 2. The highest BCUT2D eigenvalue weighted by molar-refractivity contribution is 5.70. The molecule has 0 fully saturated rings. The molecule has 0 aliphatic heterocycles. The first-order chi connectivity index (χ1) is 35.6. The highest BCUT2D eigenvalue weighted by atomic mass is 16.6. The standard InChI is InChI=1S/C67H102O5/c1-3-5-7-9-11-13-15-17-19-21-23-25-27-29-31-32-33-34-36-37-39-41-43-45-47-49-51-53-55-57-59-61-66(69)71-64-65(63-68)72-67(70)62-60-58-56-54-52-50-48-46-44-42-40-38-35-30-28-26-24-22-20-18-16-14-12-10-8-6-4-2/h5-8,11-14,17-20,23-26,29-31,33-35,37,39-40,42,46,48,52,54,65,68H,3-4,9-10,15-16,21-22,27-28,32,36,38,41,43-45,47,49-51,53,55-64H2,1-2H3/b7-5-,8-6-,13-11-,14-12-,19-17-,20-18-,25-23-,26-24-,31-29-,34-33-,35-30-,39-37-,42-40-,48-46-,54-52-. The average Bonchev–Trinajstić information content (AvgIpc) is 3.38. The molecule has 0 aliphatic rings. The highest BCUT2D eigenvalue weighted by Crippen LogP contribution is 2.13. The summed E-state index contributed by atoms with van der Waals surface area (Å²) in [6, 6.07) is 0. The van der Waals surface area contributed by atoms with Gasteiger partial charge in [0, 0.05) is 12.8 Å². The van der Waals surface area contributed by atoms with Crippen molar-refractivity contribution < 1.29 is 24.2 Å². The molecule has 0 saturated heterocycles. The maximum absolute atomic E-state index is 12.3. The van der Waals surface area contributed by atoms with Gasteiger partial charge in [-0.05, 0) is 135 Å². The van der Waals surface area contributed by atoms with Gasteiger partial charge < -0.3 is 14.6 Å². The summed E-state index contributed by atoms with van der Waals surface area (Å²) >= 11 is 0.